The number of halogens is 1. The van der Waals surface area contributed by atoms with E-state index in [1.54, 1.807) is 6.33 Å². The second-order valence-corrected chi connectivity index (χ2v) is 4.91. The number of ether oxygens (including phenoxy) is 1. The number of carbonyl (C=O) groups is 1. The third kappa shape index (κ3) is 2.85. The summed E-state index contributed by atoms with van der Waals surface area (Å²) >= 11 is 6.29. The molecule has 0 aliphatic heterocycles. The summed E-state index contributed by atoms with van der Waals surface area (Å²) in [6.45, 7) is 2.10. The first kappa shape index (κ1) is 14.6. The molecule has 0 spiro atoms. The average molecular weight is 293 g/mol. The largest absolute Gasteiger partial charge is 0.464 e. The van der Waals surface area contributed by atoms with E-state index in [1.807, 2.05) is 28.8 Å². The normalized spacial score (nSPS) is 12.2. The third-order valence-corrected chi connectivity index (χ3v) is 3.57. The molecule has 1 aromatic heterocycles. The van der Waals surface area contributed by atoms with Gasteiger partial charge >= 0.3 is 5.97 Å². The minimum absolute atomic E-state index is 0.0229. The SMILES string of the molecule is CCCC(c1ccccc1Cl)n1cncc1C(=O)OC. The molecule has 0 fully saturated rings. The van der Waals surface area contributed by atoms with Crippen LogP contribution in [-0.4, -0.2) is 22.6 Å². The van der Waals surface area contributed by atoms with Gasteiger partial charge in [0, 0.05) is 5.02 Å². The molecule has 0 radical (unpaired) electrons. The predicted octanol–water partition coefficient (Wildman–Crippen LogP) is 3.71. The van der Waals surface area contributed by atoms with Crippen LogP contribution < -0.4 is 0 Å². The fraction of sp³-hybridized carbons (Fsp3) is 0.333. The van der Waals surface area contributed by atoms with E-state index in [9.17, 15) is 4.79 Å². The smallest absolute Gasteiger partial charge is 0.356 e. The Balaban J connectivity index is 2.47. The van der Waals surface area contributed by atoms with Gasteiger partial charge in [-0.2, -0.15) is 0 Å². The molecular formula is C15H17ClN2O2. The molecule has 0 amide bonds. The van der Waals surface area contributed by atoms with Crippen molar-refractivity contribution in [3.63, 3.8) is 0 Å². The molecule has 2 rings (SSSR count). The molecule has 0 saturated heterocycles. The highest BCUT2D eigenvalue weighted by Crippen LogP contribution is 2.30. The maximum atomic E-state index is 11.8. The lowest BCUT2D eigenvalue weighted by atomic mass is 10.0. The predicted molar refractivity (Wildman–Crippen MR) is 78.1 cm³/mol. The minimum Gasteiger partial charge on any atom is -0.464 e. The Morgan fingerprint density at radius 3 is 2.85 bits per heavy atom. The van der Waals surface area contributed by atoms with Crippen molar-refractivity contribution in [3.8, 4) is 0 Å². The first-order valence-electron chi connectivity index (χ1n) is 6.53. The van der Waals surface area contributed by atoms with Crippen LogP contribution in [0.25, 0.3) is 0 Å². The number of hydrogen-bond donors (Lipinski definition) is 0. The van der Waals surface area contributed by atoms with E-state index < -0.39 is 5.97 Å². The van der Waals surface area contributed by atoms with E-state index in [2.05, 4.69) is 11.9 Å². The van der Waals surface area contributed by atoms with Gasteiger partial charge in [0.25, 0.3) is 0 Å². The molecule has 106 valence electrons. The number of carbonyl (C=O) groups excluding carboxylic acids is 1. The highest BCUT2D eigenvalue weighted by Gasteiger charge is 2.21. The van der Waals surface area contributed by atoms with Crippen molar-refractivity contribution in [3.05, 3.63) is 53.1 Å². The van der Waals surface area contributed by atoms with E-state index in [4.69, 9.17) is 16.3 Å². The second kappa shape index (κ2) is 6.57. The number of nitrogens with zero attached hydrogens (tertiary/aromatic N) is 2. The maximum absolute atomic E-state index is 11.8. The highest BCUT2D eigenvalue weighted by molar-refractivity contribution is 6.31. The molecule has 20 heavy (non-hydrogen) atoms. The van der Waals surface area contributed by atoms with E-state index >= 15 is 0 Å². The summed E-state index contributed by atoms with van der Waals surface area (Å²) in [7, 11) is 1.37. The number of rotatable bonds is 5. The van der Waals surface area contributed by atoms with Crippen LogP contribution in [0.1, 0.15) is 41.9 Å². The molecule has 1 aromatic carbocycles. The van der Waals surface area contributed by atoms with Gasteiger partial charge in [0.1, 0.15) is 5.69 Å². The molecule has 0 aliphatic carbocycles. The molecule has 2 aromatic rings. The summed E-state index contributed by atoms with van der Waals surface area (Å²) in [5.41, 5.74) is 1.42. The van der Waals surface area contributed by atoms with Gasteiger partial charge in [-0.3, -0.25) is 0 Å². The third-order valence-electron chi connectivity index (χ3n) is 3.22. The number of hydrogen-bond acceptors (Lipinski definition) is 3. The molecule has 0 bridgehead atoms. The number of esters is 1. The number of imidazole rings is 1. The fourth-order valence-electron chi connectivity index (χ4n) is 2.28. The van der Waals surface area contributed by atoms with Gasteiger partial charge in [-0.1, -0.05) is 43.1 Å². The summed E-state index contributed by atoms with van der Waals surface area (Å²) in [6, 6.07) is 7.64. The molecule has 4 nitrogen and oxygen atoms in total. The zero-order valence-corrected chi connectivity index (χ0v) is 12.3. The van der Waals surface area contributed by atoms with Crippen molar-refractivity contribution >= 4 is 17.6 Å². The van der Waals surface area contributed by atoms with Crippen molar-refractivity contribution in [1.29, 1.82) is 0 Å². The van der Waals surface area contributed by atoms with Crippen molar-refractivity contribution in [1.82, 2.24) is 9.55 Å². The van der Waals surface area contributed by atoms with Crippen LogP contribution in [0, 0.1) is 0 Å². The summed E-state index contributed by atoms with van der Waals surface area (Å²) < 4.78 is 6.63. The van der Waals surface area contributed by atoms with Gasteiger partial charge in [0.05, 0.1) is 25.7 Å². The Hall–Kier alpha value is -1.81. The minimum atomic E-state index is -0.393. The van der Waals surface area contributed by atoms with Gasteiger partial charge in [-0.15, -0.1) is 0 Å². The van der Waals surface area contributed by atoms with Crippen LogP contribution in [0.15, 0.2) is 36.8 Å². The van der Waals surface area contributed by atoms with Crippen molar-refractivity contribution in [2.75, 3.05) is 7.11 Å². The van der Waals surface area contributed by atoms with Crippen LogP contribution >= 0.6 is 11.6 Å². The lowest BCUT2D eigenvalue weighted by Crippen LogP contribution is -2.17. The number of benzene rings is 1. The topological polar surface area (TPSA) is 44.1 Å². The average Bonchev–Trinajstić information content (AvgIpc) is 2.94. The van der Waals surface area contributed by atoms with Crippen LogP contribution in [0.2, 0.25) is 5.02 Å². The van der Waals surface area contributed by atoms with Gasteiger partial charge in [0.15, 0.2) is 0 Å². The Labute approximate surface area is 123 Å². The molecular weight excluding hydrogens is 276 g/mol. The van der Waals surface area contributed by atoms with E-state index in [0.717, 1.165) is 18.4 Å². The monoisotopic (exact) mass is 292 g/mol. The summed E-state index contributed by atoms with van der Waals surface area (Å²) in [4.78, 5) is 15.9. The summed E-state index contributed by atoms with van der Waals surface area (Å²) in [6.07, 6.45) is 5.00. The van der Waals surface area contributed by atoms with Crippen molar-refractivity contribution in [2.45, 2.75) is 25.8 Å². The van der Waals surface area contributed by atoms with Crippen LogP contribution in [0.5, 0.6) is 0 Å². The summed E-state index contributed by atoms with van der Waals surface area (Å²) in [5.74, 6) is -0.393. The van der Waals surface area contributed by atoms with E-state index in [-0.39, 0.29) is 6.04 Å². The Morgan fingerprint density at radius 1 is 1.45 bits per heavy atom. The number of aromatic nitrogens is 2. The Morgan fingerprint density at radius 2 is 2.20 bits per heavy atom. The molecule has 0 saturated carbocycles. The van der Waals surface area contributed by atoms with E-state index in [1.165, 1.54) is 13.3 Å². The standard InChI is InChI=1S/C15H17ClN2O2/c1-3-6-13(11-7-4-5-8-12(11)16)18-10-17-9-14(18)15(19)20-2/h4-5,7-10,13H,3,6H2,1-2H3. The van der Waals surface area contributed by atoms with E-state index in [0.29, 0.717) is 10.7 Å². The first-order chi connectivity index (χ1) is 9.69. The highest BCUT2D eigenvalue weighted by atomic mass is 35.5. The van der Waals surface area contributed by atoms with Crippen molar-refractivity contribution in [2.24, 2.45) is 0 Å². The zero-order chi connectivity index (χ0) is 14.5. The zero-order valence-electron chi connectivity index (χ0n) is 11.5. The second-order valence-electron chi connectivity index (χ2n) is 4.50. The quantitative estimate of drug-likeness (QED) is 0.789. The summed E-state index contributed by atoms with van der Waals surface area (Å²) in [5, 5.41) is 0.690. The molecule has 0 aliphatic rings. The molecule has 5 heteroatoms. The van der Waals surface area contributed by atoms with Gasteiger partial charge in [0.2, 0.25) is 0 Å². The number of methoxy groups -OCH3 is 1. The van der Waals surface area contributed by atoms with Gasteiger partial charge in [-0.05, 0) is 18.1 Å². The van der Waals surface area contributed by atoms with Crippen LogP contribution in [-0.2, 0) is 4.74 Å². The van der Waals surface area contributed by atoms with Gasteiger partial charge in [-0.25, -0.2) is 9.78 Å². The van der Waals surface area contributed by atoms with Crippen molar-refractivity contribution < 1.29 is 9.53 Å². The molecule has 1 atom stereocenters. The lowest BCUT2D eigenvalue weighted by molar-refractivity contribution is 0.0586. The first-order valence-corrected chi connectivity index (χ1v) is 6.91. The molecule has 1 unspecified atom stereocenters. The fourth-order valence-corrected chi connectivity index (χ4v) is 2.54. The van der Waals surface area contributed by atoms with Gasteiger partial charge < -0.3 is 9.30 Å². The van der Waals surface area contributed by atoms with Crippen LogP contribution in [0.4, 0.5) is 0 Å². The Kier molecular flexibility index (Phi) is 4.79. The molecule has 0 N–H and O–H groups in total. The lowest BCUT2D eigenvalue weighted by Gasteiger charge is -2.21. The maximum Gasteiger partial charge on any atom is 0.356 e. The van der Waals surface area contributed by atoms with Crippen LogP contribution in [0.3, 0.4) is 0 Å². The molecule has 1 heterocycles. The Bertz CT molecular complexity index is 595.